The number of carbonyl (C=O) groups excluding carboxylic acids is 2. The first-order valence-corrected chi connectivity index (χ1v) is 17.0. The molecule has 6 rings (SSSR count). The molecule has 0 aliphatic carbocycles. The van der Waals surface area contributed by atoms with Crippen molar-refractivity contribution in [2.24, 2.45) is 13.0 Å². The number of ether oxygens (including phenoxy) is 1. The number of hydrogen-bond donors (Lipinski definition) is 1. The van der Waals surface area contributed by atoms with E-state index in [0.29, 0.717) is 11.3 Å². The summed E-state index contributed by atoms with van der Waals surface area (Å²) >= 11 is 0. The van der Waals surface area contributed by atoms with Crippen LogP contribution in [0.3, 0.4) is 0 Å². The highest BCUT2D eigenvalue weighted by Gasteiger charge is 2.34. The second-order valence-electron chi connectivity index (χ2n) is 13.5. The van der Waals surface area contributed by atoms with E-state index < -0.39 is 40.8 Å². The molecule has 0 radical (unpaired) electrons. The molecule has 14 heteroatoms. The molecule has 2 aromatic heterocycles. The predicted molar refractivity (Wildman–Crippen MR) is 192 cm³/mol. The van der Waals surface area contributed by atoms with Crippen LogP contribution >= 0.6 is 0 Å². The van der Waals surface area contributed by atoms with Crippen LogP contribution in [0, 0.1) is 17.2 Å². The van der Waals surface area contributed by atoms with Crippen LogP contribution in [0.15, 0.2) is 102 Å². The van der Waals surface area contributed by atoms with Crippen LogP contribution in [0.25, 0.3) is 22.8 Å². The number of hydrogen-bond acceptors (Lipinski definition) is 6. The van der Waals surface area contributed by atoms with Gasteiger partial charge < -0.3 is 14.5 Å². The Balaban J connectivity index is 0.000000820. The van der Waals surface area contributed by atoms with Crippen molar-refractivity contribution >= 4 is 11.9 Å². The second-order valence-corrected chi connectivity index (χ2v) is 13.5. The largest absolute Gasteiger partial charge is 0.464 e. The SMILES string of the molecule is CC(NC(=O)c1c(-c2ccnn2-c2ccc(C#N)cc2)n(C)n(-c2cccc(C(F)(F)F)c2)c1=O)C(=O)OCC1CC[N+](C)(C)CC1.c1ccccc1. The summed E-state index contributed by atoms with van der Waals surface area (Å²) in [6.45, 7) is 3.57. The Hall–Kier alpha value is -5.94. The fourth-order valence-electron chi connectivity index (χ4n) is 6.10. The van der Waals surface area contributed by atoms with Gasteiger partial charge in [-0.05, 0) is 55.5 Å². The Morgan fingerprint density at radius 2 is 1.60 bits per heavy atom. The minimum Gasteiger partial charge on any atom is -0.464 e. The fraction of sp³-hybridized carbons (Fsp3) is 0.308. The molecule has 1 saturated heterocycles. The van der Waals surface area contributed by atoms with Gasteiger partial charge >= 0.3 is 12.1 Å². The highest BCUT2D eigenvalue weighted by atomic mass is 19.4. The molecule has 1 aliphatic rings. The molecule has 5 aromatic rings. The van der Waals surface area contributed by atoms with Gasteiger partial charge in [-0.1, -0.05) is 42.5 Å². The number of alkyl halides is 3. The summed E-state index contributed by atoms with van der Waals surface area (Å²) in [6.07, 6.45) is -1.44. The molecular weight excluding hydrogens is 687 g/mol. The van der Waals surface area contributed by atoms with E-state index in [9.17, 15) is 32.8 Å². The molecule has 1 atom stereocenters. The number of amides is 1. The van der Waals surface area contributed by atoms with Crippen molar-refractivity contribution < 1.29 is 32.0 Å². The summed E-state index contributed by atoms with van der Waals surface area (Å²) in [5.41, 5.74) is -1.22. The molecule has 0 bridgehead atoms. The van der Waals surface area contributed by atoms with E-state index in [1.165, 1.54) is 41.7 Å². The maximum absolute atomic E-state index is 14.0. The standard InChI is InChI=1S/C33H34F3N7O4.C6H6/c1-21(32(46)47-20-23-13-16-43(3,4)17-14-23)39-30(44)28-29(27-12-15-38-41(27)25-10-8-22(19-37)9-11-25)40(2)42(31(28)45)26-7-5-6-24(18-26)33(34,35)36;1-2-4-6-5-3-1/h5-12,15,18,21,23H,13-14,16-17,20H2,1-4H3;1-6H/p+1. The summed E-state index contributed by atoms with van der Waals surface area (Å²) < 4.78 is 50.9. The number of benzene rings is 3. The quantitative estimate of drug-likeness (QED) is 0.160. The van der Waals surface area contributed by atoms with Gasteiger partial charge in [0.2, 0.25) is 0 Å². The molecule has 1 N–H and O–H groups in total. The van der Waals surface area contributed by atoms with Gasteiger partial charge in [-0.25, -0.2) is 14.2 Å². The van der Waals surface area contributed by atoms with Gasteiger partial charge in [0.15, 0.2) is 0 Å². The summed E-state index contributed by atoms with van der Waals surface area (Å²) in [6, 6.07) is 25.0. The molecule has 0 saturated carbocycles. The average molecular weight is 729 g/mol. The van der Waals surface area contributed by atoms with Gasteiger partial charge in [0, 0.05) is 25.8 Å². The molecule has 1 aliphatic heterocycles. The predicted octanol–water partition coefficient (Wildman–Crippen LogP) is 5.75. The number of rotatable bonds is 8. The van der Waals surface area contributed by atoms with Crippen LogP contribution in [0.5, 0.6) is 0 Å². The van der Waals surface area contributed by atoms with E-state index >= 15 is 0 Å². The van der Waals surface area contributed by atoms with Crippen molar-refractivity contribution in [3.63, 3.8) is 0 Å². The summed E-state index contributed by atoms with van der Waals surface area (Å²) in [5, 5.41) is 16.1. The van der Waals surface area contributed by atoms with Gasteiger partial charge in [0.1, 0.15) is 17.3 Å². The van der Waals surface area contributed by atoms with Crippen LogP contribution < -0.4 is 10.9 Å². The lowest BCUT2D eigenvalue weighted by Crippen LogP contribution is -2.47. The van der Waals surface area contributed by atoms with E-state index in [2.05, 4.69) is 24.5 Å². The molecule has 3 aromatic carbocycles. The number of aromatic nitrogens is 4. The first-order valence-electron chi connectivity index (χ1n) is 17.0. The lowest BCUT2D eigenvalue weighted by Gasteiger charge is -2.37. The lowest BCUT2D eigenvalue weighted by atomic mass is 9.97. The fourth-order valence-corrected chi connectivity index (χ4v) is 6.10. The smallest absolute Gasteiger partial charge is 0.416 e. The highest BCUT2D eigenvalue weighted by molar-refractivity contribution is 6.01. The number of nitrogens with zero attached hydrogens (tertiary/aromatic N) is 6. The van der Waals surface area contributed by atoms with Gasteiger partial charge in [0.05, 0.1) is 74.3 Å². The van der Waals surface area contributed by atoms with E-state index in [1.54, 1.807) is 30.3 Å². The zero-order chi connectivity index (χ0) is 38.3. The Morgan fingerprint density at radius 3 is 2.19 bits per heavy atom. The van der Waals surface area contributed by atoms with Crippen molar-refractivity contribution in [2.45, 2.75) is 32.0 Å². The van der Waals surface area contributed by atoms with Crippen molar-refractivity contribution in [1.82, 2.24) is 24.5 Å². The van der Waals surface area contributed by atoms with Crippen molar-refractivity contribution in [1.29, 1.82) is 5.26 Å². The number of esters is 1. The van der Waals surface area contributed by atoms with Crippen molar-refractivity contribution in [2.75, 3.05) is 33.8 Å². The van der Waals surface area contributed by atoms with Gasteiger partial charge in [-0.3, -0.25) is 14.3 Å². The van der Waals surface area contributed by atoms with E-state index in [-0.39, 0.29) is 29.6 Å². The Labute approximate surface area is 305 Å². The maximum Gasteiger partial charge on any atom is 0.416 e. The number of likely N-dealkylation sites (tertiary alicyclic amines) is 1. The minimum absolute atomic E-state index is 0.0373. The highest BCUT2D eigenvalue weighted by Crippen LogP contribution is 2.31. The lowest BCUT2D eigenvalue weighted by molar-refractivity contribution is -0.896. The zero-order valence-electron chi connectivity index (χ0n) is 29.9. The molecule has 3 heterocycles. The molecule has 1 fully saturated rings. The maximum atomic E-state index is 14.0. The second kappa shape index (κ2) is 16.2. The third-order valence-corrected chi connectivity index (χ3v) is 9.15. The third-order valence-electron chi connectivity index (χ3n) is 9.15. The van der Waals surface area contributed by atoms with Gasteiger partial charge in [-0.2, -0.15) is 23.5 Å². The Kier molecular flexibility index (Phi) is 11.7. The van der Waals surface area contributed by atoms with Crippen molar-refractivity contribution in [3.8, 4) is 28.8 Å². The van der Waals surface area contributed by atoms with Crippen LogP contribution in [-0.2, 0) is 22.8 Å². The van der Waals surface area contributed by atoms with Crippen LogP contribution in [0.4, 0.5) is 13.2 Å². The van der Waals surface area contributed by atoms with Crippen molar-refractivity contribution in [3.05, 3.63) is 124 Å². The number of nitrogens with one attached hydrogen (secondary N) is 1. The normalized spacial score (nSPS) is 14.7. The molecule has 11 nitrogen and oxygen atoms in total. The zero-order valence-corrected chi connectivity index (χ0v) is 29.9. The monoisotopic (exact) mass is 728 g/mol. The summed E-state index contributed by atoms with van der Waals surface area (Å²) in [4.78, 5) is 40.7. The number of piperidine rings is 1. The summed E-state index contributed by atoms with van der Waals surface area (Å²) in [5.74, 6) is -1.38. The van der Waals surface area contributed by atoms with Crippen LogP contribution in [0.2, 0.25) is 0 Å². The molecule has 1 amide bonds. The van der Waals surface area contributed by atoms with Gasteiger partial charge in [-0.15, -0.1) is 0 Å². The summed E-state index contributed by atoms with van der Waals surface area (Å²) in [7, 11) is 5.73. The average Bonchev–Trinajstić information content (AvgIpc) is 3.73. The first-order chi connectivity index (χ1) is 25.2. The van der Waals surface area contributed by atoms with E-state index in [0.717, 1.165) is 47.2 Å². The number of halogens is 3. The van der Waals surface area contributed by atoms with E-state index in [1.807, 2.05) is 42.5 Å². The Morgan fingerprint density at radius 1 is 0.981 bits per heavy atom. The first kappa shape index (κ1) is 38.3. The van der Waals surface area contributed by atoms with Crippen LogP contribution in [-0.4, -0.2) is 75.3 Å². The third kappa shape index (κ3) is 9.11. The Bertz CT molecular complexity index is 2110. The minimum atomic E-state index is -4.68. The molecule has 1 unspecified atom stereocenters. The number of quaternary nitrogens is 1. The molecule has 53 heavy (non-hydrogen) atoms. The number of carbonyl (C=O) groups is 2. The molecular formula is C39H41F3N7O4+. The van der Waals surface area contributed by atoms with Gasteiger partial charge in [0.25, 0.3) is 11.5 Å². The topological polar surface area (TPSA) is 124 Å². The number of nitriles is 1. The van der Waals surface area contributed by atoms with E-state index in [4.69, 9.17) is 4.74 Å². The molecule has 276 valence electrons. The molecule has 0 spiro atoms. The van der Waals surface area contributed by atoms with Crippen LogP contribution in [0.1, 0.15) is 41.3 Å².